The van der Waals surface area contributed by atoms with Gasteiger partial charge in [0.2, 0.25) is 0 Å². The van der Waals surface area contributed by atoms with Crippen LogP contribution >= 0.6 is 0 Å². The summed E-state index contributed by atoms with van der Waals surface area (Å²) in [6, 6.07) is 6.57. The molecule has 76 valence electrons. The Bertz CT molecular complexity index is 505. The van der Waals surface area contributed by atoms with Gasteiger partial charge in [0.05, 0.1) is 23.1 Å². The number of hydrogen-bond donors (Lipinski definition) is 1. The predicted molar refractivity (Wildman–Crippen MR) is 53.1 cm³/mol. The second-order valence-electron chi connectivity index (χ2n) is 3.14. The molecule has 0 aliphatic rings. The van der Waals surface area contributed by atoms with Crippen molar-refractivity contribution < 1.29 is 9.90 Å². The van der Waals surface area contributed by atoms with Crippen molar-refractivity contribution >= 4 is 5.97 Å². The minimum atomic E-state index is -0.949. The van der Waals surface area contributed by atoms with Gasteiger partial charge in [0, 0.05) is 0 Å². The average molecular weight is 203 g/mol. The molecule has 2 rings (SSSR count). The highest BCUT2D eigenvalue weighted by atomic mass is 16.4. The molecule has 0 saturated heterocycles. The Kier molecular flexibility index (Phi) is 2.21. The minimum absolute atomic E-state index is 0.238. The topological polar surface area (TPSA) is 68.0 Å². The van der Waals surface area contributed by atoms with Crippen molar-refractivity contribution in [1.29, 1.82) is 0 Å². The molecule has 0 spiro atoms. The first-order valence-electron chi connectivity index (χ1n) is 4.39. The number of benzene rings is 1. The van der Waals surface area contributed by atoms with Gasteiger partial charge in [-0.15, -0.1) is 5.10 Å². The number of aryl methyl sites for hydroxylation is 1. The number of hydrogen-bond acceptors (Lipinski definition) is 3. The number of aromatic carboxylic acids is 1. The molecule has 0 radical (unpaired) electrons. The second kappa shape index (κ2) is 3.53. The summed E-state index contributed by atoms with van der Waals surface area (Å²) in [5.74, 6) is -0.949. The maximum absolute atomic E-state index is 10.8. The molecule has 5 nitrogen and oxygen atoms in total. The monoisotopic (exact) mass is 203 g/mol. The molecular weight excluding hydrogens is 194 g/mol. The summed E-state index contributed by atoms with van der Waals surface area (Å²) in [6.45, 7) is 1.85. The van der Waals surface area contributed by atoms with Gasteiger partial charge in [-0.05, 0) is 25.1 Å². The fraction of sp³-hybridized carbons (Fsp3) is 0.100. The summed E-state index contributed by atoms with van der Waals surface area (Å²) < 4.78 is 1.59. The van der Waals surface area contributed by atoms with Crippen LogP contribution in [0.5, 0.6) is 0 Å². The number of nitrogens with zero attached hydrogens (tertiary/aromatic N) is 3. The van der Waals surface area contributed by atoms with E-state index in [0.717, 1.165) is 5.69 Å². The lowest BCUT2D eigenvalue weighted by Gasteiger charge is -2.03. The highest BCUT2D eigenvalue weighted by Crippen LogP contribution is 2.11. The summed E-state index contributed by atoms with van der Waals surface area (Å²) in [7, 11) is 0. The van der Waals surface area contributed by atoms with Crippen molar-refractivity contribution in [3.63, 3.8) is 0 Å². The number of rotatable bonds is 2. The lowest BCUT2D eigenvalue weighted by Crippen LogP contribution is -2.02. The van der Waals surface area contributed by atoms with Crippen LogP contribution in [0.1, 0.15) is 16.1 Å². The maximum Gasteiger partial charge on any atom is 0.335 e. The van der Waals surface area contributed by atoms with Gasteiger partial charge < -0.3 is 5.11 Å². The lowest BCUT2D eigenvalue weighted by atomic mass is 10.2. The van der Waals surface area contributed by atoms with Crippen LogP contribution in [0, 0.1) is 6.92 Å². The van der Waals surface area contributed by atoms with E-state index in [2.05, 4.69) is 10.3 Å². The molecule has 0 amide bonds. The Morgan fingerprint density at radius 1 is 1.47 bits per heavy atom. The molecule has 0 aliphatic carbocycles. The fourth-order valence-electron chi connectivity index (χ4n) is 1.31. The van der Waals surface area contributed by atoms with Gasteiger partial charge in [-0.1, -0.05) is 11.3 Å². The van der Waals surface area contributed by atoms with E-state index in [1.54, 1.807) is 29.1 Å². The molecule has 1 heterocycles. The number of carboxylic acids is 1. The SMILES string of the molecule is Cc1cnnn1-c1cccc(C(=O)O)c1. The molecule has 5 heteroatoms. The quantitative estimate of drug-likeness (QED) is 0.798. The zero-order valence-electron chi connectivity index (χ0n) is 8.08. The summed E-state index contributed by atoms with van der Waals surface area (Å²) in [5.41, 5.74) is 1.80. The Labute approximate surface area is 86.0 Å². The van der Waals surface area contributed by atoms with Crippen LogP contribution in [0.3, 0.4) is 0 Å². The van der Waals surface area contributed by atoms with Crippen LogP contribution in [0.25, 0.3) is 5.69 Å². The van der Waals surface area contributed by atoms with Crippen molar-refractivity contribution in [2.75, 3.05) is 0 Å². The van der Waals surface area contributed by atoms with Gasteiger partial charge in [-0.25, -0.2) is 9.48 Å². The third kappa shape index (κ3) is 1.71. The van der Waals surface area contributed by atoms with Crippen LogP contribution in [-0.2, 0) is 0 Å². The Morgan fingerprint density at radius 3 is 2.87 bits per heavy atom. The van der Waals surface area contributed by atoms with Gasteiger partial charge in [-0.2, -0.15) is 0 Å². The van der Waals surface area contributed by atoms with E-state index in [1.165, 1.54) is 6.07 Å². The van der Waals surface area contributed by atoms with Crippen molar-refractivity contribution in [3.8, 4) is 5.69 Å². The number of carboxylic acid groups (broad SMARTS) is 1. The summed E-state index contributed by atoms with van der Waals surface area (Å²) in [6.07, 6.45) is 1.62. The second-order valence-corrected chi connectivity index (χ2v) is 3.14. The molecule has 0 saturated carbocycles. The molecular formula is C10H9N3O2. The van der Waals surface area contributed by atoms with E-state index in [0.29, 0.717) is 5.69 Å². The first kappa shape index (κ1) is 9.39. The van der Waals surface area contributed by atoms with Crippen LogP contribution in [0.2, 0.25) is 0 Å². The average Bonchev–Trinajstić information content (AvgIpc) is 2.64. The molecule has 0 atom stereocenters. The van der Waals surface area contributed by atoms with Gasteiger partial charge >= 0.3 is 5.97 Å². The first-order valence-corrected chi connectivity index (χ1v) is 4.39. The van der Waals surface area contributed by atoms with Crippen LogP contribution in [0.15, 0.2) is 30.5 Å². The van der Waals surface area contributed by atoms with E-state index in [1.807, 2.05) is 6.92 Å². The molecule has 1 aromatic carbocycles. The Balaban J connectivity index is 2.50. The number of aromatic nitrogens is 3. The molecule has 0 aliphatic heterocycles. The van der Waals surface area contributed by atoms with Crippen LogP contribution in [0.4, 0.5) is 0 Å². The van der Waals surface area contributed by atoms with Crippen LogP contribution < -0.4 is 0 Å². The smallest absolute Gasteiger partial charge is 0.335 e. The molecule has 0 unspecified atom stereocenters. The van der Waals surface area contributed by atoms with E-state index >= 15 is 0 Å². The molecule has 1 N–H and O–H groups in total. The summed E-state index contributed by atoms with van der Waals surface area (Å²) >= 11 is 0. The highest BCUT2D eigenvalue weighted by molar-refractivity contribution is 5.88. The third-order valence-electron chi connectivity index (χ3n) is 2.06. The molecule has 15 heavy (non-hydrogen) atoms. The largest absolute Gasteiger partial charge is 0.478 e. The highest BCUT2D eigenvalue weighted by Gasteiger charge is 2.06. The summed E-state index contributed by atoms with van der Waals surface area (Å²) in [5, 5.41) is 16.4. The predicted octanol–water partition coefficient (Wildman–Crippen LogP) is 1.27. The van der Waals surface area contributed by atoms with Gasteiger partial charge in [0.25, 0.3) is 0 Å². The zero-order chi connectivity index (χ0) is 10.8. The third-order valence-corrected chi connectivity index (χ3v) is 2.06. The molecule has 1 aromatic heterocycles. The molecule has 2 aromatic rings. The summed E-state index contributed by atoms with van der Waals surface area (Å²) in [4.78, 5) is 10.8. The van der Waals surface area contributed by atoms with E-state index in [-0.39, 0.29) is 5.56 Å². The molecule has 0 fully saturated rings. The van der Waals surface area contributed by atoms with E-state index in [9.17, 15) is 4.79 Å². The van der Waals surface area contributed by atoms with Gasteiger partial charge in [0.1, 0.15) is 0 Å². The fourth-order valence-corrected chi connectivity index (χ4v) is 1.31. The minimum Gasteiger partial charge on any atom is -0.478 e. The van der Waals surface area contributed by atoms with Crippen LogP contribution in [-0.4, -0.2) is 26.1 Å². The van der Waals surface area contributed by atoms with E-state index < -0.39 is 5.97 Å². The zero-order valence-corrected chi connectivity index (χ0v) is 8.08. The first-order chi connectivity index (χ1) is 7.18. The Morgan fingerprint density at radius 2 is 2.27 bits per heavy atom. The number of carbonyl (C=O) groups is 1. The molecule has 0 bridgehead atoms. The van der Waals surface area contributed by atoms with Crippen molar-refractivity contribution in [3.05, 3.63) is 41.7 Å². The lowest BCUT2D eigenvalue weighted by molar-refractivity contribution is 0.0697. The standard InChI is InChI=1S/C10H9N3O2/c1-7-6-11-12-13(7)9-4-2-3-8(5-9)10(14)15/h2-6H,1H3,(H,14,15). The van der Waals surface area contributed by atoms with Crippen molar-refractivity contribution in [2.24, 2.45) is 0 Å². The van der Waals surface area contributed by atoms with Crippen molar-refractivity contribution in [2.45, 2.75) is 6.92 Å². The Hall–Kier alpha value is -2.17. The van der Waals surface area contributed by atoms with Gasteiger partial charge in [-0.3, -0.25) is 0 Å². The van der Waals surface area contributed by atoms with E-state index in [4.69, 9.17) is 5.11 Å². The van der Waals surface area contributed by atoms with Gasteiger partial charge in [0.15, 0.2) is 0 Å². The maximum atomic E-state index is 10.8. The normalized spacial score (nSPS) is 10.2. The van der Waals surface area contributed by atoms with Crippen molar-refractivity contribution in [1.82, 2.24) is 15.0 Å².